The van der Waals surface area contributed by atoms with Crippen LogP contribution in [0.3, 0.4) is 0 Å². The predicted octanol–water partition coefficient (Wildman–Crippen LogP) is 2.42. The predicted molar refractivity (Wildman–Crippen MR) is 120 cm³/mol. The molecule has 3 rings (SSSR count). The van der Waals surface area contributed by atoms with Crippen LogP contribution in [0.1, 0.15) is 60.8 Å². The first-order valence-electron chi connectivity index (χ1n) is 11.9. The molecule has 0 bridgehead atoms. The highest BCUT2D eigenvalue weighted by Crippen LogP contribution is 2.56. The first kappa shape index (κ1) is 24.4. The van der Waals surface area contributed by atoms with Crippen LogP contribution in [0.4, 0.5) is 0 Å². The average molecular weight is 435 g/mol. The van der Waals surface area contributed by atoms with E-state index in [2.05, 4.69) is 63.6 Å². The summed E-state index contributed by atoms with van der Waals surface area (Å²) in [6.45, 7) is 14.5. The lowest BCUT2D eigenvalue weighted by Crippen LogP contribution is -2.75. The molecular formula is C24H42N4O3. The van der Waals surface area contributed by atoms with Gasteiger partial charge in [0.25, 0.3) is 0 Å². The second-order valence-electron chi connectivity index (χ2n) is 11.3. The number of rotatable bonds is 6. The van der Waals surface area contributed by atoms with Crippen molar-refractivity contribution in [3.8, 4) is 6.07 Å². The summed E-state index contributed by atoms with van der Waals surface area (Å²) >= 11 is 0. The van der Waals surface area contributed by atoms with E-state index < -0.39 is 0 Å². The number of nitrogens with zero attached hydrogens (tertiary/aromatic N) is 1. The van der Waals surface area contributed by atoms with Gasteiger partial charge in [-0.15, -0.1) is 0 Å². The van der Waals surface area contributed by atoms with Crippen molar-refractivity contribution < 1.29 is 14.3 Å². The molecule has 7 heteroatoms. The quantitative estimate of drug-likeness (QED) is 0.594. The molecule has 0 aromatic rings. The van der Waals surface area contributed by atoms with Crippen LogP contribution in [0.5, 0.6) is 0 Å². The summed E-state index contributed by atoms with van der Waals surface area (Å²) in [6, 6.07) is 2.42. The number of hydrogen-bond acceptors (Lipinski definition) is 6. The molecule has 2 saturated carbocycles. The van der Waals surface area contributed by atoms with Crippen molar-refractivity contribution in [3.63, 3.8) is 0 Å². The molecular weight excluding hydrogens is 392 g/mol. The fourth-order valence-electron chi connectivity index (χ4n) is 6.26. The number of carbonyl (C=O) groups excluding carboxylic acids is 1. The van der Waals surface area contributed by atoms with Gasteiger partial charge in [0.1, 0.15) is 0 Å². The van der Waals surface area contributed by atoms with Gasteiger partial charge < -0.3 is 25.4 Å². The normalized spacial score (nSPS) is 39.4. The minimum Gasteiger partial charge on any atom is -0.380 e. The molecule has 1 saturated heterocycles. The summed E-state index contributed by atoms with van der Waals surface area (Å²) < 4.78 is 12.2. The number of methoxy groups -OCH3 is 1. The summed E-state index contributed by atoms with van der Waals surface area (Å²) in [5, 5.41) is 19.6. The molecule has 1 aliphatic heterocycles. The maximum Gasteiger partial charge on any atom is 0.225 e. The van der Waals surface area contributed by atoms with Crippen LogP contribution in [-0.2, 0) is 14.3 Å². The first-order chi connectivity index (χ1) is 14.5. The fourth-order valence-corrected chi connectivity index (χ4v) is 6.26. The minimum atomic E-state index is -0.163. The fraction of sp³-hybridized carbons (Fsp3) is 0.917. The lowest BCUT2D eigenvalue weighted by atomic mass is 9.49. The lowest BCUT2D eigenvalue weighted by molar-refractivity contribution is -0.239. The monoisotopic (exact) mass is 434 g/mol. The van der Waals surface area contributed by atoms with Crippen molar-refractivity contribution in [1.82, 2.24) is 16.0 Å². The molecule has 31 heavy (non-hydrogen) atoms. The van der Waals surface area contributed by atoms with Gasteiger partial charge in [0, 0.05) is 43.5 Å². The number of amides is 1. The van der Waals surface area contributed by atoms with E-state index in [-0.39, 0.29) is 59.1 Å². The van der Waals surface area contributed by atoms with E-state index in [4.69, 9.17) is 9.47 Å². The first-order valence-corrected chi connectivity index (χ1v) is 11.9. The van der Waals surface area contributed by atoms with E-state index in [1.807, 2.05) is 0 Å². The van der Waals surface area contributed by atoms with Crippen molar-refractivity contribution in [2.75, 3.05) is 20.2 Å². The molecule has 0 aromatic heterocycles. The maximum absolute atomic E-state index is 13.0. The van der Waals surface area contributed by atoms with E-state index in [1.165, 1.54) is 0 Å². The molecule has 0 aromatic carbocycles. The van der Waals surface area contributed by atoms with Crippen molar-refractivity contribution in [2.45, 2.75) is 91.3 Å². The molecule has 0 spiro atoms. The van der Waals surface area contributed by atoms with Crippen molar-refractivity contribution in [3.05, 3.63) is 0 Å². The Labute approximate surface area is 188 Å². The Kier molecular flexibility index (Phi) is 7.37. The standard InChI is InChI=1S/C24H42N4O3/c1-14(2)19-26-12-16(13-27-19)20(29)28-21-23(3,4)22(24(21,5)6)31-17-9-8-15(11-25)18(10-17)30-7/h14-19,21-22,26-27H,8-10,12-13H2,1-7H3,(H,28,29). The van der Waals surface area contributed by atoms with Crippen LogP contribution in [0.15, 0.2) is 0 Å². The molecule has 3 aliphatic rings. The van der Waals surface area contributed by atoms with E-state index in [0.717, 1.165) is 19.3 Å². The van der Waals surface area contributed by atoms with Crippen molar-refractivity contribution in [2.24, 2.45) is 28.6 Å². The van der Waals surface area contributed by atoms with Gasteiger partial charge in [-0.05, 0) is 18.8 Å². The molecule has 2 aliphatic carbocycles. The minimum absolute atomic E-state index is 0.0411. The molecule has 3 fully saturated rings. The van der Waals surface area contributed by atoms with Crippen LogP contribution in [0, 0.1) is 39.9 Å². The summed E-state index contributed by atoms with van der Waals surface area (Å²) in [5.41, 5.74) is -0.326. The SMILES string of the molecule is COC1CC(OC2C(C)(C)C(NC(=O)C3CNC(C(C)C)NC3)C2(C)C)CCC1C#N. The summed E-state index contributed by atoms with van der Waals surface area (Å²) in [6.07, 6.45) is 2.79. The average Bonchev–Trinajstić information content (AvgIpc) is 2.74. The lowest BCUT2D eigenvalue weighted by Gasteiger charge is -2.64. The van der Waals surface area contributed by atoms with Gasteiger partial charge >= 0.3 is 0 Å². The van der Waals surface area contributed by atoms with Crippen LogP contribution < -0.4 is 16.0 Å². The van der Waals surface area contributed by atoms with Gasteiger partial charge in [0.2, 0.25) is 5.91 Å². The molecule has 0 radical (unpaired) electrons. The van der Waals surface area contributed by atoms with Gasteiger partial charge in [-0.1, -0.05) is 41.5 Å². The maximum atomic E-state index is 13.0. The number of nitrogens with one attached hydrogen (secondary N) is 3. The van der Waals surface area contributed by atoms with Gasteiger partial charge in [-0.25, -0.2) is 0 Å². The highest BCUT2D eigenvalue weighted by atomic mass is 16.5. The van der Waals surface area contributed by atoms with Gasteiger partial charge in [0.15, 0.2) is 0 Å². The molecule has 3 atom stereocenters. The largest absolute Gasteiger partial charge is 0.380 e. The Bertz CT molecular complexity index is 663. The van der Waals surface area contributed by atoms with Crippen molar-refractivity contribution >= 4 is 5.91 Å². The van der Waals surface area contributed by atoms with Gasteiger partial charge in [0.05, 0.1) is 42.4 Å². The van der Waals surface area contributed by atoms with E-state index >= 15 is 0 Å². The third-order valence-electron chi connectivity index (χ3n) is 7.87. The highest BCUT2D eigenvalue weighted by molar-refractivity contribution is 5.80. The summed E-state index contributed by atoms with van der Waals surface area (Å²) in [5.74, 6) is 0.491. The van der Waals surface area contributed by atoms with Gasteiger partial charge in [-0.2, -0.15) is 5.26 Å². The highest BCUT2D eigenvalue weighted by Gasteiger charge is 2.63. The molecule has 7 nitrogen and oxygen atoms in total. The zero-order chi connectivity index (χ0) is 23.0. The van der Waals surface area contributed by atoms with E-state index in [0.29, 0.717) is 19.0 Å². The molecule has 1 heterocycles. The smallest absolute Gasteiger partial charge is 0.225 e. The summed E-state index contributed by atoms with van der Waals surface area (Å²) in [7, 11) is 1.68. The van der Waals surface area contributed by atoms with E-state index in [1.54, 1.807) is 7.11 Å². The van der Waals surface area contributed by atoms with Gasteiger partial charge in [-0.3, -0.25) is 4.79 Å². The van der Waals surface area contributed by atoms with Crippen LogP contribution >= 0.6 is 0 Å². The van der Waals surface area contributed by atoms with Crippen LogP contribution in [0.2, 0.25) is 0 Å². The molecule has 1 amide bonds. The van der Waals surface area contributed by atoms with Crippen molar-refractivity contribution in [1.29, 1.82) is 5.26 Å². The van der Waals surface area contributed by atoms with Crippen LogP contribution in [0.25, 0.3) is 0 Å². The Balaban J connectivity index is 1.57. The molecule has 3 unspecified atom stereocenters. The molecule has 3 N–H and O–H groups in total. The topological polar surface area (TPSA) is 95.4 Å². The Morgan fingerprint density at radius 2 is 1.74 bits per heavy atom. The Morgan fingerprint density at radius 3 is 2.26 bits per heavy atom. The second kappa shape index (κ2) is 9.35. The number of carbonyl (C=O) groups is 1. The second-order valence-corrected chi connectivity index (χ2v) is 11.3. The Hall–Kier alpha value is -1.20. The number of hydrogen-bond donors (Lipinski definition) is 3. The summed E-state index contributed by atoms with van der Waals surface area (Å²) in [4.78, 5) is 13.0. The van der Waals surface area contributed by atoms with E-state index in [9.17, 15) is 10.1 Å². The zero-order valence-electron chi connectivity index (χ0n) is 20.3. The number of ether oxygens (including phenoxy) is 2. The number of nitriles is 1. The zero-order valence-corrected chi connectivity index (χ0v) is 20.3. The molecule has 176 valence electrons. The third-order valence-corrected chi connectivity index (χ3v) is 7.87. The van der Waals surface area contributed by atoms with Crippen LogP contribution in [-0.4, -0.2) is 56.6 Å². The Morgan fingerprint density at radius 1 is 1.13 bits per heavy atom. The third kappa shape index (κ3) is 4.78.